The quantitative estimate of drug-likeness (QED) is 0.640. The zero-order chi connectivity index (χ0) is 19.5. The molecule has 0 saturated carbocycles. The third-order valence-corrected chi connectivity index (χ3v) is 6.21. The Morgan fingerprint density at radius 2 is 1.92 bits per heavy atom. The third kappa shape index (κ3) is 4.82. The Hall–Kier alpha value is -1.48. The fourth-order valence-electron chi connectivity index (χ4n) is 3.15. The van der Waals surface area contributed by atoms with Gasteiger partial charge in [0.25, 0.3) is 0 Å². The van der Waals surface area contributed by atoms with Crippen LogP contribution in [0.3, 0.4) is 0 Å². The average molecular weight is 387 g/mol. The van der Waals surface area contributed by atoms with E-state index >= 15 is 0 Å². The summed E-state index contributed by atoms with van der Waals surface area (Å²) in [6.07, 6.45) is 3.21. The van der Waals surface area contributed by atoms with Crippen LogP contribution in [0, 0.1) is 5.92 Å². The van der Waals surface area contributed by atoms with Crippen LogP contribution in [0.15, 0.2) is 4.52 Å². The van der Waals surface area contributed by atoms with Gasteiger partial charge in [0.2, 0.25) is 21.8 Å². The van der Waals surface area contributed by atoms with Crippen LogP contribution in [0.1, 0.15) is 58.2 Å². The first-order chi connectivity index (χ1) is 12.2. The van der Waals surface area contributed by atoms with Crippen molar-refractivity contribution in [2.45, 2.75) is 58.9 Å². The van der Waals surface area contributed by atoms with E-state index in [0.29, 0.717) is 31.2 Å². The second kappa shape index (κ2) is 8.47. The summed E-state index contributed by atoms with van der Waals surface area (Å²) in [7, 11) is -3.38. The van der Waals surface area contributed by atoms with Gasteiger partial charge >= 0.3 is 0 Å². The third-order valence-electron chi connectivity index (χ3n) is 4.88. The highest BCUT2D eigenvalue weighted by Gasteiger charge is 2.39. The first kappa shape index (κ1) is 20.8. The van der Waals surface area contributed by atoms with E-state index in [-0.39, 0.29) is 30.3 Å². The number of hydrogen-bond acceptors (Lipinski definition) is 6. The molecule has 1 aliphatic heterocycles. The molecule has 9 heteroatoms. The lowest BCUT2D eigenvalue weighted by Crippen LogP contribution is -2.63. The highest BCUT2D eigenvalue weighted by Crippen LogP contribution is 2.22. The fourth-order valence-corrected chi connectivity index (χ4v) is 4.24. The lowest BCUT2D eigenvalue weighted by molar-refractivity contribution is -0.142. The molecule has 148 valence electrons. The van der Waals surface area contributed by atoms with E-state index in [4.69, 9.17) is 4.52 Å². The summed E-state index contributed by atoms with van der Waals surface area (Å²) >= 11 is 0. The van der Waals surface area contributed by atoms with E-state index in [1.807, 2.05) is 27.7 Å². The predicted molar refractivity (Wildman–Crippen MR) is 98.1 cm³/mol. The van der Waals surface area contributed by atoms with Crippen molar-refractivity contribution < 1.29 is 17.7 Å². The molecule has 26 heavy (non-hydrogen) atoms. The molecule has 1 aromatic heterocycles. The van der Waals surface area contributed by atoms with Gasteiger partial charge in [-0.05, 0) is 12.8 Å². The monoisotopic (exact) mass is 386 g/mol. The maximum Gasteiger partial charge on any atom is 0.229 e. The number of carbonyl (C=O) groups is 1. The van der Waals surface area contributed by atoms with E-state index in [2.05, 4.69) is 10.1 Å². The molecule has 0 atom stereocenters. The number of nitrogens with zero attached hydrogens (tertiary/aromatic N) is 4. The van der Waals surface area contributed by atoms with Gasteiger partial charge in [0.05, 0.1) is 12.3 Å². The lowest BCUT2D eigenvalue weighted by Gasteiger charge is -2.45. The average Bonchev–Trinajstić information content (AvgIpc) is 2.98. The van der Waals surface area contributed by atoms with Crippen molar-refractivity contribution in [2.24, 2.45) is 5.92 Å². The highest BCUT2D eigenvalue weighted by atomic mass is 32.2. The summed E-state index contributed by atoms with van der Waals surface area (Å²) in [5, 5.41) is 3.91. The number of hydrogen-bond donors (Lipinski definition) is 0. The van der Waals surface area contributed by atoms with E-state index < -0.39 is 10.0 Å². The van der Waals surface area contributed by atoms with Crippen LogP contribution in [0.4, 0.5) is 0 Å². The molecule has 0 N–H and O–H groups in total. The Morgan fingerprint density at radius 3 is 2.38 bits per heavy atom. The number of amides is 1. The Bertz CT molecular complexity index is 706. The molecular formula is C17H30N4O4S. The molecule has 2 rings (SSSR count). The maximum absolute atomic E-state index is 12.4. The molecular weight excluding hydrogens is 356 g/mol. The number of likely N-dealkylation sites (tertiary alicyclic amines) is 1. The summed E-state index contributed by atoms with van der Waals surface area (Å²) in [4.78, 5) is 18.4. The van der Waals surface area contributed by atoms with E-state index in [0.717, 1.165) is 12.8 Å². The largest absolute Gasteiger partial charge is 0.339 e. The van der Waals surface area contributed by atoms with E-state index in [1.165, 1.54) is 10.6 Å². The Morgan fingerprint density at radius 1 is 1.31 bits per heavy atom. The van der Waals surface area contributed by atoms with Crippen molar-refractivity contribution in [1.29, 1.82) is 0 Å². The normalized spacial score (nSPS) is 15.9. The second-order valence-corrected chi connectivity index (χ2v) is 9.17. The van der Waals surface area contributed by atoms with Crippen LogP contribution in [0.2, 0.25) is 0 Å². The number of carbonyl (C=O) groups excluding carboxylic acids is 1. The Labute approximate surface area is 156 Å². The van der Waals surface area contributed by atoms with Crippen molar-refractivity contribution in [1.82, 2.24) is 19.3 Å². The van der Waals surface area contributed by atoms with E-state index in [9.17, 15) is 13.2 Å². The van der Waals surface area contributed by atoms with Crippen molar-refractivity contribution in [3.63, 3.8) is 0 Å². The lowest BCUT2D eigenvalue weighted by atomic mass is 9.98. The second-order valence-electron chi connectivity index (χ2n) is 7.24. The van der Waals surface area contributed by atoms with Gasteiger partial charge in [0.15, 0.2) is 5.82 Å². The minimum absolute atomic E-state index is 0.0245. The van der Waals surface area contributed by atoms with Gasteiger partial charge in [-0.25, -0.2) is 8.42 Å². The van der Waals surface area contributed by atoms with Crippen LogP contribution in [-0.4, -0.2) is 65.6 Å². The molecule has 0 bridgehead atoms. The Kier molecular flexibility index (Phi) is 6.79. The summed E-state index contributed by atoms with van der Waals surface area (Å²) < 4.78 is 31.0. The molecule has 0 radical (unpaired) electrons. The van der Waals surface area contributed by atoms with Gasteiger partial charge in [-0.15, -0.1) is 0 Å². The number of sulfonamides is 1. The molecule has 0 aromatic carbocycles. The summed E-state index contributed by atoms with van der Waals surface area (Å²) in [5.41, 5.74) is 0. The van der Waals surface area contributed by atoms with Crippen LogP contribution in [0.5, 0.6) is 0 Å². The zero-order valence-corrected chi connectivity index (χ0v) is 17.1. The van der Waals surface area contributed by atoms with E-state index in [1.54, 1.807) is 4.90 Å². The van der Waals surface area contributed by atoms with Gasteiger partial charge in [0.1, 0.15) is 0 Å². The fraction of sp³-hybridized carbons (Fsp3) is 0.824. The Balaban J connectivity index is 1.96. The molecule has 1 amide bonds. The minimum Gasteiger partial charge on any atom is -0.339 e. The van der Waals surface area contributed by atoms with Crippen molar-refractivity contribution in [2.75, 3.05) is 25.9 Å². The van der Waals surface area contributed by atoms with Gasteiger partial charge < -0.3 is 9.42 Å². The first-order valence-electron chi connectivity index (χ1n) is 9.25. The summed E-state index contributed by atoms with van der Waals surface area (Å²) in [6.45, 7) is 9.11. The molecule has 1 aromatic rings. The van der Waals surface area contributed by atoms with Crippen molar-refractivity contribution >= 4 is 15.9 Å². The predicted octanol–water partition coefficient (Wildman–Crippen LogP) is 1.64. The molecule has 0 unspecified atom stereocenters. The minimum atomic E-state index is -3.38. The van der Waals surface area contributed by atoms with Crippen LogP contribution in [0.25, 0.3) is 0 Å². The van der Waals surface area contributed by atoms with Gasteiger partial charge in [-0.2, -0.15) is 9.29 Å². The van der Waals surface area contributed by atoms with Crippen molar-refractivity contribution in [3.8, 4) is 0 Å². The number of aromatic nitrogens is 2. The molecule has 1 saturated heterocycles. The molecule has 1 fully saturated rings. The standard InChI is InChI=1S/C17H30N4O4S/c1-6-13(7-2)17(22)20-10-14(11-20)21(26(5,23)24)9-8-15-18-16(12(3)4)25-19-15/h12-14H,6-11H2,1-5H3. The zero-order valence-electron chi connectivity index (χ0n) is 16.3. The van der Waals surface area contributed by atoms with Gasteiger partial charge in [0, 0.05) is 37.9 Å². The molecule has 0 aliphatic carbocycles. The van der Waals surface area contributed by atoms with Gasteiger partial charge in [-0.3, -0.25) is 4.79 Å². The molecule has 1 aliphatic rings. The first-order valence-corrected chi connectivity index (χ1v) is 11.1. The molecule has 0 spiro atoms. The van der Waals surface area contributed by atoms with Crippen LogP contribution < -0.4 is 0 Å². The van der Waals surface area contributed by atoms with Gasteiger partial charge in [-0.1, -0.05) is 32.9 Å². The molecule has 8 nitrogen and oxygen atoms in total. The number of rotatable bonds is 9. The van der Waals surface area contributed by atoms with Crippen molar-refractivity contribution in [3.05, 3.63) is 11.7 Å². The summed E-state index contributed by atoms with van der Waals surface area (Å²) in [5.74, 6) is 1.34. The highest BCUT2D eigenvalue weighted by molar-refractivity contribution is 7.88. The maximum atomic E-state index is 12.4. The topological polar surface area (TPSA) is 96.6 Å². The summed E-state index contributed by atoms with van der Waals surface area (Å²) in [6, 6.07) is -0.181. The molecule has 2 heterocycles. The SMILES string of the molecule is CCC(CC)C(=O)N1CC(N(CCc2noc(C(C)C)n2)S(C)(=O)=O)C1. The van der Waals surface area contributed by atoms with Crippen LogP contribution >= 0.6 is 0 Å². The van der Waals surface area contributed by atoms with Crippen LogP contribution in [-0.2, 0) is 21.2 Å². The smallest absolute Gasteiger partial charge is 0.229 e.